The third-order valence-corrected chi connectivity index (χ3v) is 3.91. The Balaban J connectivity index is 2.03. The number of anilines is 1. The zero-order valence-corrected chi connectivity index (χ0v) is 13.2. The zero-order chi connectivity index (χ0) is 17.5. The number of thioether (sulfide) groups is 1. The van der Waals surface area contributed by atoms with E-state index in [1.807, 2.05) is 0 Å². The van der Waals surface area contributed by atoms with Crippen LogP contribution in [0.15, 0.2) is 47.8 Å². The number of hydrogen-bond acceptors (Lipinski definition) is 8. The lowest BCUT2D eigenvalue weighted by Gasteiger charge is -2.19. The Labute approximate surface area is 141 Å². The fourth-order valence-corrected chi connectivity index (χ4v) is 2.46. The van der Waals surface area contributed by atoms with Crippen molar-refractivity contribution < 1.29 is 14.7 Å². The Bertz CT molecular complexity index is 751. The molecule has 0 unspecified atom stereocenters. The first-order valence-electron chi connectivity index (χ1n) is 6.61. The third kappa shape index (κ3) is 4.27. The third-order valence-electron chi connectivity index (χ3n) is 2.95. The normalized spacial score (nSPS) is 11.1. The number of rotatable bonds is 5. The van der Waals surface area contributed by atoms with Gasteiger partial charge in [-0.15, -0.1) is 0 Å². The monoisotopic (exact) mass is 346 g/mol. The fourth-order valence-electron chi connectivity index (χ4n) is 1.71. The first-order chi connectivity index (χ1) is 11.5. The number of carboxylic acid groups (broad SMARTS) is 1. The number of benzene rings is 1. The van der Waals surface area contributed by atoms with Gasteiger partial charge in [-0.2, -0.15) is 15.3 Å². The summed E-state index contributed by atoms with van der Waals surface area (Å²) in [7, 11) is 0. The number of nitrogens with two attached hydrogens (primary N) is 2. The molecule has 0 aliphatic carbocycles. The van der Waals surface area contributed by atoms with Gasteiger partial charge < -0.3 is 10.9 Å². The first kappa shape index (κ1) is 17.4. The highest BCUT2D eigenvalue weighted by Crippen LogP contribution is 2.18. The molecule has 124 valence electrons. The van der Waals surface area contributed by atoms with Gasteiger partial charge in [0.25, 0.3) is 0 Å². The topological polar surface area (TPSA) is 148 Å². The number of carbonyl (C=O) groups excluding carboxylic acids is 1. The van der Waals surface area contributed by atoms with Crippen molar-refractivity contribution in [2.24, 2.45) is 16.8 Å². The second kappa shape index (κ2) is 8.04. The van der Waals surface area contributed by atoms with Crippen LogP contribution in [0.4, 0.5) is 5.69 Å². The molecule has 0 aliphatic rings. The van der Waals surface area contributed by atoms with Crippen LogP contribution in [-0.4, -0.2) is 38.0 Å². The minimum atomic E-state index is -1.04. The number of hydrazine groups is 1. The molecule has 0 spiro atoms. The number of amidine groups is 1. The number of carboxylic acids is 1. The van der Waals surface area contributed by atoms with Crippen LogP contribution in [0.2, 0.25) is 0 Å². The van der Waals surface area contributed by atoms with Gasteiger partial charge in [-0.05, 0) is 30.3 Å². The molecule has 9 nitrogen and oxygen atoms in total. The summed E-state index contributed by atoms with van der Waals surface area (Å²) in [6.07, 6.45) is 2.79. The van der Waals surface area contributed by atoms with Crippen LogP contribution in [0, 0.1) is 0 Å². The molecule has 1 aromatic heterocycles. The molecular formula is C14H14N6O3S. The molecule has 0 amide bonds. The Kier molecular flexibility index (Phi) is 5.82. The maximum atomic E-state index is 12.0. The zero-order valence-electron chi connectivity index (χ0n) is 12.4. The van der Waals surface area contributed by atoms with Crippen LogP contribution in [-0.2, 0) is 0 Å². The summed E-state index contributed by atoms with van der Waals surface area (Å²) in [6, 6.07) is 7.40. The number of aromatic nitrogens is 2. The van der Waals surface area contributed by atoms with Crippen LogP contribution in [0.1, 0.15) is 20.7 Å². The van der Waals surface area contributed by atoms with E-state index in [4.69, 9.17) is 16.8 Å². The van der Waals surface area contributed by atoms with E-state index in [9.17, 15) is 9.59 Å². The second-order valence-electron chi connectivity index (χ2n) is 4.48. The van der Waals surface area contributed by atoms with Gasteiger partial charge in [0, 0.05) is 5.56 Å². The summed E-state index contributed by atoms with van der Waals surface area (Å²) in [5, 5.41) is 21.1. The highest BCUT2D eigenvalue weighted by atomic mass is 32.2. The van der Waals surface area contributed by atoms with Gasteiger partial charge in [-0.1, -0.05) is 11.8 Å². The summed E-state index contributed by atoms with van der Waals surface area (Å²) in [6.45, 7) is 0. The summed E-state index contributed by atoms with van der Waals surface area (Å²) in [4.78, 5) is 22.9. The van der Waals surface area contributed by atoms with Crippen molar-refractivity contribution in [3.8, 4) is 0 Å². The molecule has 1 heterocycles. The molecule has 0 atom stereocenters. The maximum absolute atomic E-state index is 12.0. The summed E-state index contributed by atoms with van der Waals surface area (Å²) >= 11 is 1.05. The molecule has 10 heteroatoms. The number of hydrogen-bond donors (Lipinski definition) is 3. The number of aromatic carboxylic acids is 1. The van der Waals surface area contributed by atoms with Crippen molar-refractivity contribution in [3.63, 3.8) is 0 Å². The van der Waals surface area contributed by atoms with Gasteiger partial charge in [-0.3, -0.25) is 9.80 Å². The van der Waals surface area contributed by atoms with Gasteiger partial charge in [0.2, 0.25) is 5.17 Å². The number of nitrogens with zero attached hydrogens (tertiary/aromatic N) is 4. The molecule has 0 saturated heterocycles. The molecule has 2 aromatic rings. The Hall–Kier alpha value is -2.98. The number of ketones is 1. The Morgan fingerprint density at radius 3 is 2.42 bits per heavy atom. The van der Waals surface area contributed by atoms with Gasteiger partial charge in [0.15, 0.2) is 5.78 Å². The van der Waals surface area contributed by atoms with E-state index in [-0.39, 0.29) is 22.3 Å². The summed E-state index contributed by atoms with van der Waals surface area (Å²) in [5.74, 6) is 10.1. The Morgan fingerprint density at radius 2 is 1.88 bits per heavy atom. The van der Waals surface area contributed by atoms with Crippen LogP contribution in [0.5, 0.6) is 0 Å². The van der Waals surface area contributed by atoms with Crippen LogP contribution < -0.4 is 16.7 Å². The van der Waals surface area contributed by atoms with E-state index >= 15 is 0 Å². The van der Waals surface area contributed by atoms with E-state index in [1.54, 1.807) is 6.07 Å². The minimum Gasteiger partial charge on any atom is -0.478 e. The second-order valence-corrected chi connectivity index (χ2v) is 5.42. The number of Topliss-reactive ketones (excluding diaryl/α,β-unsaturated/α-hetero) is 1. The van der Waals surface area contributed by atoms with E-state index in [2.05, 4.69) is 15.3 Å². The lowest BCUT2D eigenvalue weighted by atomic mass is 10.2. The molecule has 24 heavy (non-hydrogen) atoms. The highest BCUT2D eigenvalue weighted by Gasteiger charge is 2.15. The van der Waals surface area contributed by atoms with Crippen molar-refractivity contribution in [2.75, 3.05) is 10.8 Å². The molecule has 0 fully saturated rings. The van der Waals surface area contributed by atoms with Gasteiger partial charge in [-0.25, -0.2) is 10.6 Å². The van der Waals surface area contributed by atoms with Gasteiger partial charge in [0.1, 0.15) is 0 Å². The van der Waals surface area contributed by atoms with Crippen molar-refractivity contribution in [1.29, 1.82) is 0 Å². The van der Waals surface area contributed by atoms with Crippen LogP contribution in [0.3, 0.4) is 0 Å². The summed E-state index contributed by atoms with van der Waals surface area (Å²) in [5.41, 5.74) is 1.03. The predicted octanol–water partition coefficient (Wildman–Crippen LogP) is 0.701. The van der Waals surface area contributed by atoms with Crippen molar-refractivity contribution in [2.45, 2.75) is 0 Å². The fraction of sp³-hybridized carbons (Fsp3) is 0.0714. The van der Waals surface area contributed by atoms with Crippen molar-refractivity contribution >= 4 is 34.4 Å². The van der Waals surface area contributed by atoms with E-state index in [0.717, 1.165) is 11.8 Å². The lowest BCUT2D eigenvalue weighted by Crippen LogP contribution is -2.37. The van der Waals surface area contributed by atoms with Crippen molar-refractivity contribution in [3.05, 3.63) is 53.9 Å². The minimum absolute atomic E-state index is 0.0582. The molecule has 1 aromatic carbocycles. The standard InChI is InChI=1S/C14H14N6O3S/c15-19-14(24-8-12(21)10-5-6-17-18-7-10)20(16)11-3-1-9(2-4-11)13(22)23/h1-7H,8,15-16H2,(H,22,23)/b19-14+. The molecule has 2 rings (SSSR count). The van der Waals surface area contributed by atoms with Crippen LogP contribution in [0.25, 0.3) is 0 Å². The number of carbonyl (C=O) groups is 2. The van der Waals surface area contributed by atoms with Gasteiger partial charge in [0.05, 0.1) is 29.4 Å². The smallest absolute Gasteiger partial charge is 0.335 e. The molecule has 0 aliphatic heterocycles. The number of hydrazone groups is 1. The molecule has 0 saturated carbocycles. The maximum Gasteiger partial charge on any atom is 0.335 e. The predicted molar refractivity (Wildman–Crippen MR) is 90.5 cm³/mol. The quantitative estimate of drug-likeness (QED) is 0.234. The highest BCUT2D eigenvalue weighted by molar-refractivity contribution is 8.14. The average molecular weight is 346 g/mol. The first-order valence-corrected chi connectivity index (χ1v) is 7.60. The van der Waals surface area contributed by atoms with Gasteiger partial charge >= 0.3 is 5.97 Å². The van der Waals surface area contributed by atoms with E-state index < -0.39 is 5.97 Å². The molecule has 0 radical (unpaired) electrons. The van der Waals surface area contributed by atoms with E-state index in [1.165, 1.54) is 41.7 Å². The SMILES string of the molecule is N/N=C(/SCC(=O)c1ccnnc1)N(N)c1ccc(C(=O)O)cc1. The van der Waals surface area contributed by atoms with Crippen LogP contribution >= 0.6 is 11.8 Å². The molecule has 5 N–H and O–H groups in total. The molecular weight excluding hydrogens is 332 g/mol. The lowest BCUT2D eigenvalue weighted by molar-refractivity contribution is 0.0696. The largest absolute Gasteiger partial charge is 0.478 e. The average Bonchev–Trinajstić information content (AvgIpc) is 2.62. The summed E-state index contributed by atoms with van der Waals surface area (Å²) < 4.78 is 0. The van der Waals surface area contributed by atoms with E-state index in [0.29, 0.717) is 11.3 Å². The Morgan fingerprint density at radius 1 is 1.17 bits per heavy atom. The van der Waals surface area contributed by atoms with Crippen molar-refractivity contribution in [1.82, 2.24) is 10.2 Å². The molecule has 0 bridgehead atoms.